The van der Waals surface area contributed by atoms with E-state index < -0.39 is 0 Å². The number of rotatable bonds is 7. The summed E-state index contributed by atoms with van der Waals surface area (Å²) in [6, 6.07) is 67.7. The first-order valence-corrected chi connectivity index (χ1v) is 22.1. The number of hydrogen-bond donors (Lipinski definition) is 0. The smallest absolute Gasteiger partial charge is 0.164 e. The Balaban J connectivity index is 0.808. The molecule has 0 aliphatic heterocycles. The van der Waals surface area contributed by atoms with Crippen molar-refractivity contribution in [2.24, 2.45) is 11.8 Å². The molecule has 2 atom stereocenters. The number of benzene rings is 8. The highest BCUT2D eigenvalue weighted by Crippen LogP contribution is 2.66. The molecule has 296 valence electrons. The van der Waals surface area contributed by atoms with Crippen LogP contribution in [0.3, 0.4) is 0 Å². The van der Waals surface area contributed by atoms with E-state index in [1.165, 1.54) is 82.7 Å². The molecule has 4 aliphatic carbocycles. The molecule has 4 heteroatoms. The van der Waals surface area contributed by atoms with Crippen molar-refractivity contribution in [2.45, 2.75) is 49.4 Å². The van der Waals surface area contributed by atoms with Crippen molar-refractivity contribution in [3.63, 3.8) is 0 Å². The maximum absolute atomic E-state index is 9.34. The second-order valence-corrected chi connectivity index (χ2v) is 18.4. The Kier molecular flexibility index (Phi) is 8.54. The second kappa shape index (κ2) is 14.5. The Morgan fingerprint density at radius 1 is 0.387 bits per heavy atom. The summed E-state index contributed by atoms with van der Waals surface area (Å²) in [5.41, 5.74) is 12.1. The van der Waals surface area contributed by atoms with Crippen LogP contribution in [0.15, 0.2) is 182 Å². The normalized spacial score (nSPS) is 21.3. The van der Waals surface area contributed by atoms with Crippen LogP contribution in [0.4, 0.5) is 0 Å². The van der Waals surface area contributed by atoms with E-state index in [0.717, 1.165) is 39.3 Å². The van der Waals surface area contributed by atoms with Gasteiger partial charge in [-0.2, -0.15) is 5.26 Å². The van der Waals surface area contributed by atoms with Gasteiger partial charge in [0.2, 0.25) is 0 Å². The van der Waals surface area contributed by atoms with Crippen LogP contribution in [-0.4, -0.2) is 15.0 Å². The van der Waals surface area contributed by atoms with E-state index in [1.54, 1.807) is 0 Å². The van der Waals surface area contributed by atoms with Gasteiger partial charge in [0.25, 0.3) is 0 Å². The third-order valence-corrected chi connectivity index (χ3v) is 14.5. The standard InChI is InChI=1S/C58H44N4/c59-36-38-11-12-48-29-46(14-13-45(48)28-38)41-19-23-52(24-20-41)57-32-39-27-40(33-57)35-58(34-39,37-57)53-25-21-42(22-26-53)47-15-16-50-31-51(18-17-49(50)30-47)56-61-54(43-7-3-1-4-8-43)60-55(62-56)44-9-5-2-6-10-44/h1-26,28-31,39-40H,27,32-35,37H2. The van der Waals surface area contributed by atoms with Gasteiger partial charge in [-0.15, -0.1) is 0 Å². The molecule has 4 saturated carbocycles. The third-order valence-electron chi connectivity index (χ3n) is 14.5. The summed E-state index contributed by atoms with van der Waals surface area (Å²) < 4.78 is 0. The lowest BCUT2D eigenvalue weighted by molar-refractivity contribution is -0.0281. The largest absolute Gasteiger partial charge is 0.208 e. The van der Waals surface area contributed by atoms with Gasteiger partial charge >= 0.3 is 0 Å². The molecular weight excluding hydrogens is 753 g/mol. The van der Waals surface area contributed by atoms with Gasteiger partial charge in [0.05, 0.1) is 11.6 Å². The fourth-order valence-electron chi connectivity index (χ4n) is 12.0. The molecular formula is C58H44N4. The molecule has 8 aromatic carbocycles. The van der Waals surface area contributed by atoms with Gasteiger partial charge < -0.3 is 0 Å². The molecule has 9 aromatic rings. The number of fused-ring (bicyclic) bond motifs is 2. The Bertz CT molecular complexity index is 3130. The van der Waals surface area contributed by atoms with Crippen LogP contribution >= 0.6 is 0 Å². The molecule has 1 heterocycles. The molecule has 4 aliphatic rings. The van der Waals surface area contributed by atoms with Crippen molar-refractivity contribution < 1.29 is 0 Å². The first kappa shape index (κ1) is 36.6. The summed E-state index contributed by atoms with van der Waals surface area (Å²) in [6.45, 7) is 0. The second-order valence-electron chi connectivity index (χ2n) is 18.4. The molecule has 0 spiro atoms. The Hall–Kier alpha value is -7.22. The van der Waals surface area contributed by atoms with Gasteiger partial charge in [0.1, 0.15) is 0 Å². The predicted octanol–water partition coefficient (Wildman–Crippen LogP) is 14.2. The molecule has 0 amide bonds. The highest BCUT2D eigenvalue weighted by Gasteiger charge is 2.58. The van der Waals surface area contributed by atoms with Gasteiger partial charge in [-0.1, -0.05) is 152 Å². The highest BCUT2D eigenvalue weighted by atomic mass is 15.0. The van der Waals surface area contributed by atoms with E-state index in [4.69, 9.17) is 15.0 Å². The zero-order valence-corrected chi connectivity index (χ0v) is 34.5. The minimum atomic E-state index is 0.234. The summed E-state index contributed by atoms with van der Waals surface area (Å²) in [6.07, 6.45) is 7.88. The van der Waals surface area contributed by atoms with Crippen molar-refractivity contribution in [3.05, 3.63) is 199 Å². The first-order valence-electron chi connectivity index (χ1n) is 22.1. The van der Waals surface area contributed by atoms with Gasteiger partial charge in [-0.05, 0) is 146 Å². The van der Waals surface area contributed by atoms with Crippen molar-refractivity contribution in [1.29, 1.82) is 5.26 Å². The fraction of sp³-hybridized carbons (Fsp3) is 0.172. The van der Waals surface area contributed by atoms with Crippen molar-refractivity contribution in [3.8, 4) is 62.5 Å². The van der Waals surface area contributed by atoms with Crippen LogP contribution in [0.1, 0.15) is 55.2 Å². The van der Waals surface area contributed by atoms with E-state index >= 15 is 0 Å². The third kappa shape index (κ3) is 6.39. The van der Waals surface area contributed by atoms with Crippen molar-refractivity contribution in [1.82, 2.24) is 15.0 Å². The summed E-state index contributed by atoms with van der Waals surface area (Å²) in [7, 11) is 0. The molecule has 0 radical (unpaired) electrons. The van der Waals surface area contributed by atoms with E-state index in [2.05, 4.69) is 115 Å². The quantitative estimate of drug-likeness (QED) is 0.161. The molecule has 1 aromatic heterocycles. The average molecular weight is 797 g/mol. The maximum atomic E-state index is 9.34. The van der Waals surface area contributed by atoms with Crippen LogP contribution < -0.4 is 0 Å². The monoisotopic (exact) mass is 796 g/mol. The van der Waals surface area contributed by atoms with E-state index in [9.17, 15) is 5.26 Å². The minimum Gasteiger partial charge on any atom is -0.208 e. The fourth-order valence-corrected chi connectivity index (χ4v) is 12.0. The number of aromatic nitrogens is 3. The maximum Gasteiger partial charge on any atom is 0.164 e. The molecule has 0 N–H and O–H groups in total. The van der Waals surface area contributed by atoms with Crippen LogP contribution in [0.25, 0.3) is 78.0 Å². The molecule has 4 fully saturated rings. The number of nitrogens with zero attached hydrogens (tertiary/aromatic N) is 4. The zero-order valence-electron chi connectivity index (χ0n) is 34.5. The number of hydrogen-bond acceptors (Lipinski definition) is 4. The number of nitriles is 1. The van der Waals surface area contributed by atoms with Crippen LogP contribution in [-0.2, 0) is 10.8 Å². The molecule has 4 bridgehead atoms. The molecule has 0 saturated heterocycles. The van der Waals surface area contributed by atoms with Crippen LogP contribution in [0.5, 0.6) is 0 Å². The first-order chi connectivity index (χ1) is 30.5. The van der Waals surface area contributed by atoms with Crippen LogP contribution in [0.2, 0.25) is 0 Å². The highest BCUT2D eigenvalue weighted by molar-refractivity contribution is 5.91. The predicted molar refractivity (Wildman–Crippen MR) is 251 cm³/mol. The zero-order chi connectivity index (χ0) is 41.3. The summed E-state index contributed by atoms with van der Waals surface area (Å²) in [5, 5.41) is 14.0. The Morgan fingerprint density at radius 2 is 0.774 bits per heavy atom. The van der Waals surface area contributed by atoms with Gasteiger partial charge in [0.15, 0.2) is 17.5 Å². The Labute approximate surface area is 362 Å². The SMILES string of the molecule is N#Cc1ccc2cc(-c3ccc(C45CC6CC(C4)CC(c4ccc(-c7ccc8cc(-c9nc(-c%10ccccc%10)nc(-c%10ccccc%10)n9)ccc8c7)cc4)(C6)C5)cc3)ccc2c1. The topological polar surface area (TPSA) is 62.5 Å². The molecule has 13 rings (SSSR count). The van der Waals surface area contributed by atoms with Gasteiger partial charge in [-0.3, -0.25) is 0 Å². The van der Waals surface area contributed by atoms with E-state index in [-0.39, 0.29) is 10.8 Å². The van der Waals surface area contributed by atoms with Crippen molar-refractivity contribution in [2.75, 3.05) is 0 Å². The van der Waals surface area contributed by atoms with Gasteiger partial charge in [0, 0.05) is 16.7 Å². The molecule has 4 nitrogen and oxygen atoms in total. The lowest BCUT2D eigenvalue weighted by Crippen LogP contribution is -2.55. The summed E-state index contributed by atoms with van der Waals surface area (Å²) in [5.74, 6) is 3.57. The molecule has 2 unspecified atom stereocenters. The summed E-state index contributed by atoms with van der Waals surface area (Å²) in [4.78, 5) is 14.8. The summed E-state index contributed by atoms with van der Waals surface area (Å²) >= 11 is 0. The van der Waals surface area contributed by atoms with E-state index in [1.807, 2.05) is 72.8 Å². The Morgan fingerprint density at radius 3 is 1.24 bits per heavy atom. The van der Waals surface area contributed by atoms with Crippen LogP contribution in [0, 0.1) is 23.2 Å². The molecule has 62 heavy (non-hydrogen) atoms. The average Bonchev–Trinajstić information content (AvgIpc) is 3.33. The van der Waals surface area contributed by atoms with Gasteiger partial charge in [-0.25, -0.2) is 15.0 Å². The van der Waals surface area contributed by atoms with Crippen molar-refractivity contribution >= 4 is 21.5 Å². The minimum absolute atomic E-state index is 0.234. The lowest BCUT2D eigenvalue weighted by Gasteiger charge is -2.63. The van der Waals surface area contributed by atoms with E-state index in [0.29, 0.717) is 23.0 Å². The lowest BCUT2D eigenvalue weighted by atomic mass is 9.41.